The van der Waals surface area contributed by atoms with Crippen LogP contribution in [0.3, 0.4) is 0 Å². The van der Waals surface area contributed by atoms with Gasteiger partial charge >= 0.3 is 6.09 Å². The molecule has 7 heteroatoms. The smallest absolute Gasteiger partial charge is 0.405 e. The number of anilines is 1. The molecule has 1 atom stereocenters. The van der Waals surface area contributed by atoms with E-state index in [1.165, 1.54) is 11.8 Å². The molecule has 118 valence electrons. The molecule has 0 spiro atoms. The maximum atomic E-state index is 11.2. The van der Waals surface area contributed by atoms with Crippen LogP contribution >= 0.6 is 11.8 Å². The lowest BCUT2D eigenvalue weighted by Crippen LogP contribution is -2.36. The van der Waals surface area contributed by atoms with Crippen LogP contribution in [0.5, 0.6) is 0 Å². The van der Waals surface area contributed by atoms with Crippen LogP contribution in [0.1, 0.15) is 32.4 Å². The Hall–Kier alpha value is -2.02. The third-order valence-electron chi connectivity index (χ3n) is 3.21. The van der Waals surface area contributed by atoms with Crippen molar-refractivity contribution in [2.45, 2.75) is 26.8 Å². The van der Waals surface area contributed by atoms with E-state index in [0.717, 1.165) is 11.3 Å². The van der Waals surface area contributed by atoms with E-state index in [4.69, 9.17) is 5.11 Å². The summed E-state index contributed by atoms with van der Waals surface area (Å²) in [6.07, 6.45) is -1.07. The number of benzene rings is 1. The van der Waals surface area contributed by atoms with Crippen LogP contribution in [0.2, 0.25) is 0 Å². The normalized spacial score (nSPS) is 16.1. The van der Waals surface area contributed by atoms with Gasteiger partial charge in [0.15, 0.2) is 5.17 Å². The van der Waals surface area contributed by atoms with E-state index in [0.29, 0.717) is 10.9 Å². The molecule has 0 aliphatic carbocycles. The van der Waals surface area contributed by atoms with E-state index < -0.39 is 12.1 Å². The number of amides is 2. The Balaban J connectivity index is 2.34. The van der Waals surface area contributed by atoms with E-state index in [-0.39, 0.29) is 11.3 Å². The Morgan fingerprint density at radius 3 is 2.59 bits per heavy atom. The summed E-state index contributed by atoms with van der Waals surface area (Å²) in [5.74, 6) is 0.168. The lowest BCUT2D eigenvalue weighted by atomic mass is 9.82. The van der Waals surface area contributed by atoms with Gasteiger partial charge in [0, 0.05) is 5.69 Å². The molecule has 0 bridgehead atoms. The lowest BCUT2D eigenvalue weighted by molar-refractivity contribution is -0.115. The van der Waals surface area contributed by atoms with Crippen molar-refractivity contribution in [3.05, 3.63) is 29.8 Å². The van der Waals surface area contributed by atoms with Crippen LogP contribution in [-0.2, 0) is 4.79 Å². The first-order valence-corrected chi connectivity index (χ1v) is 7.85. The summed E-state index contributed by atoms with van der Waals surface area (Å²) < 4.78 is 0. The van der Waals surface area contributed by atoms with E-state index in [2.05, 4.69) is 15.6 Å². The van der Waals surface area contributed by atoms with E-state index in [1.807, 2.05) is 45.0 Å². The second kappa shape index (κ2) is 6.39. The van der Waals surface area contributed by atoms with Crippen LogP contribution in [0.15, 0.2) is 29.3 Å². The monoisotopic (exact) mass is 321 g/mol. The molecular weight excluding hydrogens is 302 g/mol. The molecule has 1 aromatic rings. The Kier molecular flexibility index (Phi) is 4.75. The molecule has 0 fully saturated rings. The number of thioether (sulfide) groups is 1. The van der Waals surface area contributed by atoms with Gasteiger partial charge in [0.05, 0.1) is 11.8 Å². The zero-order valence-electron chi connectivity index (χ0n) is 12.7. The van der Waals surface area contributed by atoms with Gasteiger partial charge < -0.3 is 15.7 Å². The van der Waals surface area contributed by atoms with Crippen LogP contribution in [0.4, 0.5) is 10.5 Å². The lowest BCUT2D eigenvalue weighted by Gasteiger charge is -2.32. The molecule has 3 N–H and O–H groups in total. The molecule has 2 rings (SSSR count). The Labute approximate surface area is 133 Å². The van der Waals surface area contributed by atoms with Gasteiger partial charge in [0.25, 0.3) is 5.91 Å². The predicted molar refractivity (Wildman–Crippen MR) is 88.3 cm³/mol. The Morgan fingerprint density at radius 2 is 2.05 bits per heavy atom. The summed E-state index contributed by atoms with van der Waals surface area (Å²) in [5, 5.41) is 15.4. The quantitative estimate of drug-likeness (QED) is 0.796. The number of aliphatic imine (C=N–C) groups is 1. The zero-order chi connectivity index (χ0) is 16.3. The minimum atomic E-state index is -1.07. The number of hydrogen-bond acceptors (Lipinski definition) is 4. The van der Waals surface area contributed by atoms with Crippen molar-refractivity contribution < 1.29 is 14.7 Å². The van der Waals surface area contributed by atoms with Crippen molar-refractivity contribution in [2.24, 2.45) is 10.4 Å². The van der Waals surface area contributed by atoms with E-state index in [1.54, 1.807) is 0 Å². The molecule has 0 saturated heterocycles. The standard InChI is InChI=1S/C15H19N3O3S/c1-15(2,3)12(18-14(20)21)9-6-4-5-7-10(9)16-13-17-11(19)8-22-13/h4-7,12,18H,8H2,1-3H3,(H,20,21)(H,16,17,19). The van der Waals surface area contributed by atoms with Crippen LogP contribution in [0.25, 0.3) is 0 Å². The fourth-order valence-corrected chi connectivity index (χ4v) is 2.91. The number of nitrogens with zero attached hydrogens (tertiary/aromatic N) is 1. The summed E-state index contributed by atoms with van der Waals surface area (Å²) in [5.41, 5.74) is 1.26. The number of rotatable bonds is 3. The molecule has 1 aliphatic heterocycles. The molecule has 2 amide bonds. The number of hydrogen-bond donors (Lipinski definition) is 3. The van der Waals surface area contributed by atoms with Gasteiger partial charge in [0.1, 0.15) is 0 Å². The molecule has 1 heterocycles. The highest BCUT2D eigenvalue weighted by molar-refractivity contribution is 8.15. The number of para-hydroxylation sites is 1. The van der Waals surface area contributed by atoms with Gasteiger partial charge in [-0.15, -0.1) is 0 Å². The first kappa shape index (κ1) is 16.4. The third kappa shape index (κ3) is 4.00. The highest BCUT2D eigenvalue weighted by Gasteiger charge is 2.30. The van der Waals surface area contributed by atoms with Crippen molar-refractivity contribution in [2.75, 3.05) is 11.1 Å². The van der Waals surface area contributed by atoms with Gasteiger partial charge in [0.2, 0.25) is 0 Å². The maximum Gasteiger partial charge on any atom is 0.405 e. The first-order chi connectivity index (χ1) is 10.3. The molecule has 0 radical (unpaired) electrons. The molecular formula is C15H19N3O3S. The van der Waals surface area contributed by atoms with Crippen molar-refractivity contribution in [3.63, 3.8) is 0 Å². The van der Waals surface area contributed by atoms with Crippen molar-refractivity contribution in [3.8, 4) is 0 Å². The summed E-state index contributed by atoms with van der Waals surface area (Å²) >= 11 is 1.34. The summed E-state index contributed by atoms with van der Waals surface area (Å²) in [6.45, 7) is 5.90. The van der Waals surface area contributed by atoms with Gasteiger partial charge in [-0.2, -0.15) is 4.99 Å². The largest absolute Gasteiger partial charge is 0.465 e. The predicted octanol–water partition coefficient (Wildman–Crippen LogP) is 3.08. The van der Waals surface area contributed by atoms with Crippen molar-refractivity contribution in [1.29, 1.82) is 0 Å². The summed E-state index contributed by atoms with van der Waals surface area (Å²) in [6, 6.07) is 7.04. The second-order valence-corrected chi connectivity index (χ2v) is 7.02. The zero-order valence-corrected chi connectivity index (χ0v) is 13.5. The molecule has 0 saturated carbocycles. The van der Waals surface area contributed by atoms with E-state index >= 15 is 0 Å². The summed E-state index contributed by atoms with van der Waals surface area (Å²) in [4.78, 5) is 26.3. The molecule has 1 aliphatic rings. The minimum Gasteiger partial charge on any atom is -0.465 e. The number of carbonyl (C=O) groups is 2. The van der Waals surface area contributed by atoms with Crippen LogP contribution < -0.4 is 10.6 Å². The highest BCUT2D eigenvalue weighted by Crippen LogP contribution is 2.36. The number of carboxylic acid groups (broad SMARTS) is 1. The highest BCUT2D eigenvalue weighted by atomic mass is 32.2. The minimum absolute atomic E-state index is 0.166. The number of nitrogens with one attached hydrogen (secondary N) is 2. The average molecular weight is 321 g/mol. The maximum absolute atomic E-state index is 11.2. The molecule has 0 aromatic heterocycles. The van der Waals surface area contributed by atoms with E-state index in [9.17, 15) is 9.59 Å². The molecule has 6 nitrogen and oxygen atoms in total. The topological polar surface area (TPSA) is 90.8 Å². The fourth-order valence-electron chi connectivity index (χ4n) is 2.23. The van der Waals surface area contributed by atoms with Gasteiger partial charge in [-0.05, 0) is 17.0 Å². The first-order valence-electron chi connectivity index (χ1n) is 6.87. The van der Waals surface area contributed by atoms with Gasteiger partial charge in [-0.25, -0.2) is 4.79 Å². The Bertz CT molecular complexity index is 623. The summed E-state index contributed by atoms with van der Waals surface area (Å²) in [7, 11) is 0. The third-order valence-corrected chi connectivity index (χ3v) is 4.06. The van der Waals surface area contributed by atoms with Crippen molar-refractivity contribution in [1.82, 2.24) is 5.32 Å². The number of carbonyl (C=O) groups excluding carboxylic acids is 1. The van der Waals surface area contributed by atoms with Crippen LogP contribution in [0, 0.1) is 5.41 Å². The fraction of sp³-hybridized carbons (Fsp3) is 0.400. The SMILES string of the molecule is CC(C)(C)C(NC(=O)O)c1ccccc1NC1=NC(=O)CS1. The molecule has 1 unspecified atom stereocenters. The van der Waals surface area contributed by atoms with Crippen LogP contribution in [-0.4, -0.2) is 28.0 Å². The average Bonchev–Trinajstić information content (AvgIpc) is 2.81. The molecule has 22 heavy (non-hydrogen) atoms. The van der Waals surface area contributed by atoms with Gasteiger partial charge in [-0.1, -0.05) is 50.7 Å². The second-order valence-electron chi connectivity index (χ2n) is 6.06. The molecule has 1 aromatic carbocycles. The van der Waals surface area contributed by atoms with Gasteiger partial charge in [-0.3, -0.25) is 4.79 Å². The number of amidine groups is 1. The van der Waals surface area contributed by atoms with Crippen molar-refractivity contribution >= 4 is 34.6 Å². The Morgan fingerprint density at radius 1 is 1.36 bits per heavy atom.